The normalized spacial score (nSPS) is 14.2. The highest BCUT2D eigenvalue weighted by molar-refractivity contribution is 6.36. The van der Waals surface area contributed by atoms with Crippen molar-refractivity contribution < 1.29 is 37.0 Å². The van der Waals surface area contributed by atoms with E-state index in [1.807, 2.05) is 0 Å². The molecule has 10 heteroatoms. The molecule has 0 aliphatic carbocycles. The van der Waals surface area contributed by atoms with Gasteiger partial charge in [-0.05, 0) is 42.3 Å². The van der Waals surface area contributed by atoms with Gasteiger partial charge in [0.15, 0.2) is 11.5 Å². The fraction of sp³-hybridized carbons (Fsp3) is 0.304. The number of alkyl halides is 3. The molecule has 0 radical (unpaired) electrons. The molecule has 0 aromatic heterocycles. The molecular formula is C23H23F3N2O5. The summed E-state index contributed by atoms with van der Waals surface area (Å²) in [6.07, 6.45) is -4.15. The fourth-order valence-corrected chi connectivity index (χ4v) is 3.44. The number of ether oxygens (including phenoxy) is 3. The third-order valence-corrected chi connectivity index (χ3v) is 5.03. The number of benzene rings is 2. The van der Waals surface area contributed by atoms with Gasteiger partial charge in [-0.2, -0.15) is 13.2 Å². The zero-order valence-electron chi connectivity index (χ0n) is 18.3. The van der Waals surface area contributed by atoms with Gasteiger partial charge >= 0.3 is 6.18 Å². The Morgan fingerprint density at radius 3 is 2.30 bits per heavy atom. The predicted octanol–water partition coefficient (Wildman–Crippen LogP) is 3.95. The SMILES string of the molecule is COCCCN1C(=O)C(Nc2cccc(C(F)(F)F)c2)=C(c2ccc(OC)c(OC)c2)C1=O. The highest BCUT2D eigenvalue weighted by Crippen LogP contribution is 2.36. The Morgan fingerprint density at radius 1 is 0.939 bits per heavy atom. The van der Waals surface area contributed by atoms with Crippen LogP contribution < -0.4 is 14.8 Å². The van der Waals surface area contributed by atoms with Crippen molar-refractivity contribution >= 4 is 23.1 Å². The molecule has 3 rings (SSSR count). The highest BCUT2D eigenvalue weighted by Gasteiger charge is 2.39. The second kappa shape index (κ2) is 9.95. The van der Waals surface area contributed by atoms with Gasteiger partial charge in [-0.15, -0.1) is 0 Å². The first kappa shape index (κ1) is 24.1. The van der Waals surface area contributed by atoms with Gasteiger partial charge in [0.2, 0.25) is 0 Å². The van der Waals surface area contributed by atoms with Crippen LogP contribution in [0.4, 0.5) is 18.9 Å². The van der Waals surface area contributed by atoms with Gasteiger partial charge in [0.25, 0.3) is 11.8 Å². The number of amides is 2. The van der Waals surface area contributed by atoms with E-state index in [2.05, 4.69) is 5.32 Å². The van der Waals surface area contributed by atoms with Crippen molar-refractivity contribution in [3.63, 3.8) is 0 Å². The number of nitrogens with zero attached hydrogens (tertiary/aromatic N) is 1. The Morgan fingerprint density at radius 2 is 1.67 bits per heavy atom. The van der Waals surface area contributed by atoms with Gasteiger partial charge in [-0.1, -0.05) is 12.1 Å². The van der Waals surface area contributed by atoms with E-state index in [0.717, 1.165) is 17.0 Å². The van der Waals surface area contributed by atoms with Crippen LogP contribution in [-0.4, -0.2) is 51.2 Å². The van der Waals surface area contributed by atoms with Crippen molar-refractivity contribution in [2.75, 3.05) is 39.8 Å². The maximum atomic E-state index is 13.2. The summed E-state index contributed by atoms with van der Waals surface area (Å²) in [6.45, 7) is 0.426. The lowest BCUT2D eigenvalue weighted by Gasteiger charge is -2.15. The minimum absolute atomic E-state index is 0.0239. The Hall–Kier alpha value is -3.53. The van der Waals surface area contributed by atoms with Gasteiger partial charge in [-0.3, -0.25) is 14.5 Å². The van der Waals surface area contributed by atoms with E-state index in [4.69, 9.17) is 14.2 Å². The van der Waals surface area contributed by atoms with E-state index >= 15 is 0 Å². The lowest BCUT2D eigenvalue weighted by atomic mass is 10.0. The van der Waals surface area contributed by atoms with E-state index < -0.39 is 23.6 Å². The minimum Gasteiger partial charge on any atom is -0.493 e. The van der Waals surface area contributed by atoms with Crippen LogP contribution in [0.3, 0.4) is 0 Å². The summed E-state index contributed by atoms with van der Waals surface area (Å²) in [6, 6.07) is 9.10. The molecule has 0 atom stereocenters. The summed E-state index contributed by atoms with van der Waals surface area (Å²) in [7, 11) is 4.39. The summed E-state index contributed by atoms with van der Waals surface area (Å²) in [4.78, 5) is 27.4. The number of rotatable bonds is 9. The van der Waals surface area contributed by atoms with Crippen molar-refractivity contribution in [2.24, 2.45) is 0 Å². The molecule has 2 aromatic rings. The van der Waals surface area contributed by atoms with E-state index in [1.54, 1.807) is 12.1 Å². The Balaban J connectivity index is 2.07. The first-order valence-electron chi connectivity index (χ1n) is 9.97. The first-order valence-corrected chi connectivity index (χ1v) is 9.97. The van der Waals surface area contributed by atoms with Gasteiger partial charge in [-0.25, -0.2) is 0 Å². The average Bonchev–Trinajstić information content (AvgIpc) is 3.02. The lowest BCUT2D eigenvalue weighted by Crippen LogP contribution is -2.33. The molecule has 1 aliphatic rings. The predicted molar refractivity (Wildman–Crippen MR) is 115 cm³/mol. The average molecular weight is 464 g/mol. The van der Waals surface area contributed by atoms with Crippen LogP contribution in [0.25, 0.3) is 5.57 Å². The number of carbonyl (C=O) groups is 2. The molecule has 2 amide bonds. The van der Waals surface area contributed by atoms with Gasteiger partial charge < -0.3 is 19.5 Å². The van der Waals surface area contributed by atoms with E-state index in [0.29, 0.717) is 30.1 Å². The molecule has 1 heterocycles. The smallest absolute Gasteiger partial charge is 0.416 e. The molecule has 7 nitrogen and oxygen atoms in total. The van der Waals surface area contributed by atoms with Crippen LogP contribution >= 0.6 is 0 Å². The van der Waals surface area contributed by atoms with Gasteiger partial charge in [0.1, 0.15) is 5.70 Å². The molecule has 0 bridgehead atoms. The van der Waals surface area contributed by atoms with E-state index in [1.165, 1.54) is 39.5 Å². The fourth-order valence-electron chi connectivity index (χ4n) is 3.44. The summed E-state index contributed by atoms with van der Waals surface area (Å²) in [5.41, 5.74) is -0.596. The molecule has 176 valence electrons. The van der Waals surface area contributed by atoms with Crippen molar-refractivity contribution in [1.82, 2.24) is 4.90 Å². The van der Waals surface area contributed by atoms with Crippen LogP contribution in [0.5, 0.6) is 11.5 Å². The maximum absolute atomic E-state index is 13.2. The van der Waals surface area contributed by atoms with E-state index in [-0.39, 0.29) is 23.5 Å². The van der Waals surface area contributed by atoms with Crippen LogP contribution in [0.1, 0.15) is 17.5 Å². The Labute approximate surface area is 188 Å². The van der Waals surface area contributed by atoms with Crippen LogP contribution in [-0.2, 0) is 20.5 Å². The second-order valence-electron chi connectivity index (χ2n) is 7.13. The summed E-state index contributed by atoms with van der Waals surface area (Å²) in [5.74, 6) is -0.460. The maximum Gasteiger partial charge on any atom is 0.416 e. The standard InChI is InChI=1S/C23H23F3N2O5/c1-31-11-5-10-28-21(29)19(14-8-9-17(32-2)18(12-14)33-3)20(22(28)30)27-16-7-4-6-15(13-16)23(24,25)26/h4,6-9,12-13,27H,5,10-11H2,1-3H3. The van der Waals surface area contributed by atoms with Crippen molar-refractivity contribution in [3.05, 3.63) is 59.3 Å². The second-order valence-corrected chi connectivity index (χ2v) is 7.13. The summed E-state index contributed by atoms with van der Waals surface area (Å²) < 4.78 is 54.9. The Bertz CT molecular complexity index is 1080. The molecule has 1 aliphatic heterocycles. The third kappa shape index (κ3) is 5.11. The highest BCUT2D eigenvalue weighted by atomic mass is 19.4. The number of anilines is 1. The number of methoxy groups -OCH3 is 3. The third-order valence-electron chi connectivity index (χ3n) is 5.03. The Kier molecular flexibility index (Phi) is 7.27. The number of carbonyl (C=O) groups excluding carboxylic acids is 2. The lowest BCUT2D eigenvalue weighted by molar-refractivity contribution is -0.138. The molecule has 0 saturated heterocycles. The first-order chi connectivity index (χ1) is 15.7. The number of hydrogen-bond donors (Lipinski definition) is 1. The molecule has 0 unspecified atom stereocenters. The molecule has 1 N–H and O–H groups in total. The zero-order chi connectivity index (χ0) is 24.2. The quantitative estimate of drug-likeness (QED) is 0.447. The van der Waals surface area contributed by atoms with Crippen LogP contribution in [0, 0.1) is 0 Å². The van der Waals surface area contributed by atoms with Crippen molar-refractivity contribution in [2.45, 2.75) is 12.6 Å². The monoisotopic (exact) mass is 464 g/mol. The molecule has 0 saturated carbocycles. The summed E-state index contributed by atoms with van der Waals surface area (Å²) >= 11 is 0. The number of hydrogen-bond acceptors (Lipinski definition) is 6. The topological polar surface area (TPSA) is 77.1 Å². The van der Waals surface area contributed by atoms with Gasteiger partial charge in [0.05, 0.1) is 25.4 Å². The van der Waals surface area contributed by atoms with Crippen LogP contribution in [0.2, 0.25) is 0 Å². The van der Waals surface area contributed by atoms with Gasteiger partial charge in [0, 0.05) is 25.9 Å². The van der Waals surface area contributed by atoms with Crippen LogP contribution in [0.15, 0.2) is 48.2 Å². The van der Waals surface area contributed by atoms with Crippen molar-refractivity contribution in [3.8, 4) is 11.5 Å². The number of nitrogens with one attached hydrogen (secondary N) is 1. The number of halogens is 3. The van der Waals surface area contributed by atoms with Crippen molar-refractivity contribution in [1.29, 1.82) is 0 Å². The minimum atomic E-state index is -4.56. The molecule has 0 spiro atoms. The zero-order valence-corrected chi connectivity index (χ0v) is 18.3. The molecular weight excluding hydrogens is 441 g/mol. The number of imide groups is 1. The molecule has 0 fully saturated rings. The molecule has 2 aromatic carbocycles. The largest absolute Gasteiger partial charge is 0.493 e. The summed E-state index contributed by atoms with van der Waals surface area (Å²) in [5, 5.41) is 2.73. The molecule has 33 heavy (non-hydrogen) atoms. The van der Waals surface area contributed by atoms with E-state index in [9.17, 15) is 22.8 Å².